The summed E-state index contributed by atoms with van der Waals surface area (Å²) in [6.07, 6.45) is -3.30. The number of carboxylic acids is 1. The second-order valence-corrected chi connectivity index (χ2v) is 5.79. The molecule has 154 valence electrons. The second kappa shape index (κ2) is 8.54. The predicted molar refractivity (Wildman–Crippen MR) is 93.7 cm³/mol. The van der Waals surface area contributed by atoms with Crippen molar-refractivity contribution in [1.29, 1.82) is 0 Å². The molecule has 2 aromatic heterocycles. The SMILES string of the molecule is Cc1nonc1C(=O)Nc1ccc(-n2cnc(C)c2C)cc1.O=C(O)C(F)(F)F. The number of amides is 1. The molecule has 0 saturated heterocycles. The van der Waals surface area contributed by atoms with E-state index in [-0.39, 0.29) is 11.6 Å². The van der Waals surface area contributed by atoms with Gasteiger partial charge in [0.2, 0.25) is 0 Å². The zero-order valence-electron chi connectivity index (χ0n) is 15.5. The van der Waals surface area contributed by atoms with Crippen LogP contribution in [0.15, 0.2) is 35.2 Å². The molecule has 0 aliphatic carbocycles. The Bertz CT molecular complexity index is 1010. The molecule has 0 radical (unpaired) electrons. The smallest absolute Gasteiger partial charge is 0.475 e. The van der Waals surface area contributed by atoms with Gasteiger partial charge < -0.3 is 15.0 Å². The molecule has 12 heteroatoms. The highest BCUT2D eigenvalue weighted by atomic mass is 19.4. The number of anilines is 1. The molecule has 0 aliphatic rings. The first-order valence-electron chi connectivity index (χ1n) is 8.02. The molecule has 0 atom stereocenters. The summed E-state index contributed by atoms with van der Waals surface area (Å²) in [7, 11) is 0. The Morgan fingerprint density at radius 3 is 2.07 bits per heavy atom. The summed E-state index contributed by atoms with van der Waals surface area (Å²) in [5, 5.41) is 17.1. The van der Waals surface area contributed by atoms with Gasteiger partial charge in [-0.1, -0.05) is 5.16 Å². The Kier molecular flexibility index (Phi) is 6.36. The molecule has 9 nitrogen and oxygen atoms in total. The van der Waals surface area contributed by atoms with Gasteiger partial charge in [0.25, 0.3) is 5.91 Å². The molecule has 3 aromatic rings. The zero-order valence-corrected chi connectivity index (χ0v) is 15.5. The first-order valence-corrected chi connectivity index (χ1v) is 8.02. The third kappa shape index (κ3) is 5.40. The van der Waals surface area contributed by atoms with Gasteiger partial charge in [-0.3, -0.25) is 4.79 Å². The third-order valence-electron chi connectivity index (χ3n) is 3.77. The van der Waals surface area contributed by atoms with E-state index in [0.717, 1.165) is 17.1 Å². The van der Waals surface area contributed by atoms with Crippen molar-refractivity contribution in [1.82, 2.24) is 19.9 Å². The largest absolute Gasteiger partial charge is 0.490 e. The van der Waals surface area contributed by atoms with Crippen LogP contribution in [-0.4, -0.2) is 43.0 Å². The van der Waals surface area contributed by atoms with Crippen LogP contribution in [-0.2, 0) is 4.79 Å². The number of halogens is 3. The lowest BCUT2D eigenvalue weighted by Gasteiger charge is -2.07. The van der Waals surface area contributed by atoms with Crippen molar-refractivity contribution in [2.75, 3.05) is 5.32 Å². The van der Waals surface area contributed by atoms with Crippen molar-refractivity contribution in [2.24, 2.45) is 0 Å². The monoisotopic (exact) mass is 411 g/mol. The quantitative estimate of drug-likeness (QED) is 0.679. The lowest BCUT2D eigenvalue weighted by molar-refractivity contribution is -0.192. The number of rotatable bonds is 3. The lowest BCUT2D eigenvalue weighted by atomic mass is 10.2. The molecular formula is C17H16F3N5O4. The van der Waals surface area contributed by atoms with Crippen LogP contribution < -0.4 is 5.32 Å². The first kappa shape index (κ1) is 21.6. The van der Waals surface area contributed by atoms with E-state index in [9.17, 15) is 18.0 Å². The van der Waals surface area contributed by atoms with Crippen LogP contribution >= 0.6 is 0 Å². The molecule has 2 N–H and O–H groups in total. The van der Waals surface area contributed by atoms with Crippen molar-refractivity contribution in [3.05, 3.63) is 53.4 Å². The molecule has 0 unspecified atom stereocenters. The molecule has 29 heavy (non-hydrogen) atoms. The van der Waals surface area contributed by atoms with Gasteiger partial charge in [0.1, 0.15) is 5.69 Å². The fourth-order valence-electron chi connectivity index (χ4n) is 2.09. The summed E-state index contributed by atoms with van der Waals surface area (Å²) in [6, 6.07) is 7.48. The maximum absolute atomic E-state index is 12.0. The summed E-state index contributed by atoms with van der Waals surface area (Å²) in [5.74, 6) is -3.10. The highest BCUT2D eigenvalue weighted by molar-refractivity contribution is 6.03. The molecule has 1 amide bonds. The van der Waals surface area contributed by atoms with Crippen LogP contribution in [0.25, 0.3) is 5.69 Å². The van der Waals surface area contributed by atoms with E-state index in [1.165, 1.54) is 0 Å². The van der Waals surface area contributed by atoms with E-state index >= 15 is 0 Å². The molecule has 0 aliphatic heterocycles. The summed E-state index contributed by atoms with van der Waals surface area (Å²) in [4.78, 5) is 25.2. The Balaban J connectivity index is 0.000000370. The molecule has 3 rings (SSSR count). The number of alkyl halides is 3. The minimum absolute atomic E-state index is 0.185. The number of aliphatic carboxylic acids is 1. The number of imidazole rings is 1. The van der Waals surface area contributed by atoms with E-state index in [1.807, 2.05) is 42.7 Å². The average molecular weight is 411 g/mol. The van der Waals surface area contributed by atoms with Gasteiger partial charge in [0.05, 0.1) is 12.0 Å². The zero-order chi connectivity index (χ0) is 21.8. The number of nitrogens with one attached hydrogen (secondary N) is 1. The molecule has 0 saturated carbocycles. The average Bonchev–Trinajstić information content (AvgIpc) is 3.22. The van der Waals surface area contributed by atoms with E-state index in [2.05, 4.69) is 25.2 Å². The van der Waals surface area contributed by atoms with Crippen molar-refractivity contribution in [3.8, 4) is 5.69 Å². The minimum atomic E-state index is -5.08. The number of hydrogen-bond acceptors (Lipinski definition) is 6. The number of aromatic nitrogens is 4. The van der Waals surface area contributed by atoms with Gasteiger partial charge in [-0.15, -0.1) is 0 Å². The Morgan fingerprint density at radius 2 is 1.66 bits per heavy atom. The normalized spacial score (nSPS) is 10.8. The summed E-state index contributed by atoms with van der Waals surface area (Å²) in [5.41, 5.74) is 4.37. The number of hydrogen-bond donors (Lipinski definition) is 2. The van der Waals surface area contributed by atoms with Crippen LogP contribution in [0.2, 0.25) is 0 Å². The van der Waals surface area contributed by atoms with E-state index in [1.54, 1.807) is 13.3 Å². The number of carbonyl (C=O) groups excluding carboxylic acids is 1. The van der Waals surface area contributed by atoms with Gasteiger partial charge in [-0.2, -0.15) is 13.2 Å². The van der Waals surface area contributed by atoms with Crippen LogP contribution in [0.4, 0.5) is 18.9 Å². The maximum Gasteiger partial charge on any atom is 0.490 e. The summed E-state index contributed by atoms with van der Waals surface area (Å²) in [6.45, 7) is 5.64. The Hall–Kier alpha value is -3.70. The number of nitrogens with zero attached hydrogens (tertiary/aromatic N) is 4. The summed E-state index contributed by atoms with van der Waals surface area (Å²) >= 11 is 0. The Morgan fingerprint density at radius 1 is 1.07 bits per heavy atom. The minimum Gasteiger partial charge on any atom is -0.475 e. The highest BCUT2D eigenvalue weighted by Crippen LogP contribution is 2.17. The van der Waals surface area contributed by atoms with Crippen LogP contribution in [0.3, 0.4) is 0 Å². The lowest BCUT2D eigenvalue weighted by Crippen LogP contribution is -2.21. The van der Waals surface area contributed by atoms with Crippen molar-refractivity contribution in [2.45, 2.75) is 26.9 Å². The number of carbonyl (C=O) groups is 2. The predicted octanol–water partition coefficient (Wildman–Crippen LogP) is 3.07. The second-order valence-electron chi connectivity index (χ2n) is 5.79. The fraction of sp³-hybridized carbons (Fsp3) is 0.235. The maximum atomic E-state index is 12.0. The third-order valence-corrected chi connectivity index (χ3v) is 3.77. The van der Waals surface area contributed by atoms with E-state index < -0.39 is 12.1 Å². The van der Waals surface area contributed by atoms with Crippen LogP contribution in [0.5, 0.6) is 0 Å². The van der Waals surface area contributed by atoms with Gasteiger partial charge in [0, 0.05) is 17.1 Å². The van der Waals surface area contributed by atoms with Gasteiger partial charge in [-0.05, 0) is 50.2 Å². The molecule has 0 spiro atoms. The molecule has 0 bridgehead atoms. The molecular weight excluding hydrogens is 395 g/mol. The van der Waals surface area contributed by atoms with E-state index in [0.29, 0.717) is 11.4 Å². The molecule has 2 heterocycles. The van der Waals surface area contributed by atoms with Gasteiger partial charge in [0.15, 0.2) is 5.69 Å². The number of benzene rings is 1. The molecule has 0 fully saturated rings. The van der Waals surface area contributed by atoms with Crippen molar-refractivity contribution in [3.63, 3.8) is 0 Å². The number of carboxylic acid groups (broad SMARTS) is 1. The van der Waals surface area contributed by atoms with Crippen LogP contribution in [0, 0.1) is 20.8 Å². The highest BCUT2D eigenvalue weighted by Gasteiger charge is 2.38. The van der Waals surface area contributed by atoms with Crippen molar-refractivity contribution < 1.29 is 32.5 Å². The first-order chi connectivity index (χ1) is 13.5. The number of aryl methyl sites for hydroxylation is 2. The van der Waals surface area contributed by atoms with E-state index in [4.69, 9.17) is 9.90 Å². The van der Waals surface area contributed by atoms with Crippen molar-refractivity contribution >= 4 is 17.6 Å². The van der Waals surface area contributed by atoms with Gasteiger partial charge in [-0.25, -0.2) is 14.4 Å². The molecule has 1 aromatic carbocycles. The fourth-order valence-corrected chi connectivity index (χ4v) is 2.09. The summed E-state index contributed by atoms with van der Waals surface area (Å²) < 4.78 is 38.3. The topological polar surface area (TPSA) is 123 Å². The Labute approximate surface area is 162 Å². The standard InChI is InChI=1S/C15H15N5O2.C2HF3O2/c1-9-11(3)20(8-16-9)13-6-4-12(5-7-13)17-15(21)14-10(2)18-22-19-14;3-2(4,5)1(6)7/h4-8H,1-3H3,(H,17,21);(H,6,7). The van der Waals surface area contributed by atoms with Crippen LogP contribution in [0.1, 0.15) is 27.6 Å². The van der Waals surface area contributed by atoms with Gasteiger partial charge >= 0.3 is 12.1 Å².